The van der Waals surface area contributed by atoms with Crippen LogP contribution in [0.3, 0.4) is 0 Å². The van der Waals surface area contributed by atoms with Crippen LogP contribution in [0.1, 0.15) is 148 Å². The van der Waals surface area contributed by atoms with Crippen molar-refractivity contribution < 1.29 is 0 Å². The van der Waals surface area contributed by atoms with E-state index in [1.54, 1.807) is 0 Å². The lowest BCUT2D eigenvalue weighted by Crippen LogP contribution is -2.44. The summed E-state index contributed by atoms with van der Waals surface area (Å²) in [5, 5.41) is 1.15. The number of rotatable bonds is 1. The minimum absolute atomic E-state index is 0.652. The summed E-state index contributed by atoms with van der Waals surface area (Å²) >= 11 is 0. The molecule has 0 radical (unpaired) electrons. The lowest BCUT2D eigenvalue weighted by molar-refractivity contribution is 0.315. The van der Waals surface area contributed by atoms with E-state index in [-0.39, 0.29) is 0 Å². The average Bonchev–Trinajstić information content (AvgIpc) is 2.93. The van der Waals surface area contributed by atoms with Gasteiger partial charge >= 0.3 is 0 Å². The number of nitrogen functional groups attached to an aromatic ring is 1. The SMILES string of the molecule is Nc1ccc2nc(N3CC4CCCCCCCCCCCCCCCCCCCCCC3CC4)ccc2c1. The summed E-state index contributed by atoms with van der Waals surface area (Å²) in [6.45, 7) is 1.19. The number of pyridine rings is 1. The van der Waals surface area contributed by atoms with Gasteiger partial charge in [-0.1, -0.05) is 122 Å². The molecule has 1 aromatic carbocycles. The zero-order valence-corrected chi connectivity index (χ0v) is 24.5. The number of nitrogens with two attached hydrogens (primary N) is 1. The minimum Gasteiger partial charge on any atom is -0.399 e. The molecule has 1 aromatic heterocycles. The molecule has 3 heteroatoms. The van der Waals surface area contributed by atoms with Gasteiger partial charge in [-0.3, -0.25) is 0 Å². The van der Waals surface area contributed by atoms with Gasteiger partial charge in [0, 0.05) is 23.7 Å². The summed E-state index contributed by atoms with van der Waals surface area (Å²) in [6, 6.07) is 11.3. The molecule has 5 rings (SSSR count). The largest absolute Gasteiger partial charge is 0.399 e. The van der Waals surface area contributed by atoms with E-state index in [2.05, 4.69) is 29.2 Å². The van der Waals surface area contributed by atoms with Crippen LogP contribution in [0.15, 0.2) is 30.3 Å². The van der Waals surface area contributed by atoms with Crippen LogP contribution < -0.4 is 10.6 Å². The third-order valence-corrected chi connectivity index (χ3v) is 9.45. The van der Waals surface area contributed by atoms with Crippen LogP contribution in [0.5, 0.6) is 0 Å². The van der Waals surface area contributed by atoms with E-state index in [1.807, 2.05) is 6.07 Å². The van der Waals surface area contributed by atoms with Gasteiger partial charge in [0.25, 0.3) is 0 Å². The van der Waals surface area contributed by atoms with Gasteiger partial charge in [0.2, 0.25) is 0 Å². The van der Waals surface area contributed by atoms with Crippen molar-refractivity contribution in [2.75, 3.05) is 17.2 Å². The van der Waals surface area contributed by atoms with Crippen molar-refractivity contribution in [1.29, 1.82) is 0 Å². The zero-order valence-electron chi connectivity index (χ0n) is 24.5. The molecule has 1 saturated carbocycles. The first-order chi connectivity index (χ1) is 18.8. The molecule has 3 nitrogen and oxygen atoms in total. The smallest absolute Gasteiger partial charge is 0.129 e. The van der Waals surface area contributed by atoms with Crippen molar-refractivity contribution in [2.24, 2.45) is 5.92 Å². The van der Waals surface area contributed by atoms with Crippen molar-refractivity contribution in [2.45, 2.75) is 154 Å². The Kier molecular flexibility index (Phi) is 13.1. The first-order valence-electron chi connectivity index (χ1n) is 16.7. The predicted octanol–water partition coefficient (Wildman–Crippen LogP) is 10.6. The van der Waals surface area contributed by atoms with Gasteiger partial charge in [-0.15, -0.1) is 0 Å². The highest BCUT2D eigenvalue weighted by molar-refractivity contribution is 5.83. The molecule has 3 aliphatic rings. The fourth-order valence-corrected chi connectivity index (χ4v) is 7.03. The van der Waals surface area contributed by atoms with Crippen molar-refractivity contribution in [3.8, 4) is 0 Å². The van der Waals surface area contributed by atoms with E-state index >= 15 is 0 Å². The van der Waals surface area contributed by atoms with Crippen LogP contribution in [-0.4, -0.2) is 17.6 Å². The Bertz CT molecular complexity index is 905. The summed E-state index contributed by atoms with van der Waals surface area (Å²) < 4.78 is 0. The molecule has 3 fully saturated rings. The summed E-state index contributed by atoms with van der Waals surface area (Å²) in [7, 11) is 0. The molecule has 212 valence electrons. The third-order valence-electron chi connectivity index (χ3n) is 9.45. The summed E-state index contributed by atoms with van der Waals surface area (Å²) in [6.07, 6.45) is 32.9. The molecular formula is C35H57N3. The highest BCUT2D eigenvalue weighted by Crippen LogP contribution is 2.33. The van der Waals surface area contributed by atoms with Crippen molar-refractivity contribution in [3.05, 3.63) is 30.3 Å². The maximum atomic E-state index is 6.03. The van der Waals surface area contributed by atoms with Crippen LogP contribution in [0.25, 0.3) is 10.9 Å². The lowest BCUT2D eigenvalue weighted by Gasteiger charge is -2.41. The molecule has 2 unspecified atom stereocenters. The Labute approximate surface area is 234 Å². The third kappa shape index (κ3) is 10.1. The number of aromatic nitrogens is 1. The Balaban J connectivity index is 1.33. The maximum absolute atomic E-state index is 6.03. The average molecular weight is 520 g/mol. The molecule has 38 heavy (non-hydrogen) atoms. The monoisotopic (exact) mass is 519 g/mol. The van der Waals surface area contributed by atoms with Gasteiger partial charge in [-0.25, -0.2) is 4.98 Å². The zero-order chi connectivity index (χ0) is 26.3. The second-order valence-electron chi connectivity index (χ2n) is 12.7. The molecule has 1 aliphatic carbocycles. The fraction of sp³-hybridized carbons (Fsp3) is 0.743. The molecule has 0 amide bonds. The molecule has 2 bridgehead atoms. The normalized spacial score (nSPS) is 25.0. The van der Waals surface area contributed by atoms with Gasteiger partial charge in [-0.2, -0.15) is 0 Å². The number of piperidine rings is 1. The Morgan fingerprint density at radius 1 is 0.553 bits per heavy atom. The summed E-state index contributed by atoms with van der Waals surface area (Å²) in [4.78, 5) is 7.84. The minimum atomic E-state index is 0.652. The number of benzene rings is 1. The molecule has 0 spiro atoms. The van der Waals surface area contributed by atoms with E-state index in [4.69, 9.17) is 10.7 Å². The number of fused-ring (bicyclic) bond motifs is 23. The highest BCUT2D eigenvalue weighted by Gasteiger charge is 2.28. The second-order valence-corrected chi connectivity index (χ2v) is 12.7. The Morgan fingerprint density at radius 2 is 1.08 bits per heavy atom. The van der Waals surface area contributed by atoms with E-state index in [1.165, 1.54) is 160 Å². The van der Waals surface area contributed by atoms with Gasteiger partial charge in [0.15, 0.2) is 0 Å². The van der Waals surface area contributed by atoms with Crippen molar-refractivity contribution in [3.63, 3.8) is 0 Å². The predicted molar refractivity (Wildman–Crippen MR) is 167 cm³/mol. The lowest BCUT2D eigenvalue weighted by atomic mass is 9.86. The number of anilines is 2. The molecule has 2 aromatic rings. The molecular weight excluding hydrogens is 462 g/mol. The maximum Gasteiger partial charge on any atom is 0.129 e. The fourth-order valence-electron chi connectivity index (χ4n) is 7.03. The molecule has 2 saturated heterocycles. The quantitative estimate of drug-likeness (QED) is 0.381. The van der Waals surface area contributed by atoms with Crippen molar-refractivity contribution >= 4 is 22.4 Å². The topological polar surface area (TPSA) is 42.1 Å². The van der Waals surface area contributed by atoms with E-state index in [9.17, 15) is 0 Å². The second kappa shape index (κ2) is 17.0. The van der Waals surface area contributed by atoms with E-state index in [0.29, 0.717) is 6.04 Å². The summed E-state index contributed by atoms with van der Waals surface area (Å²) in [5.74, 6) is 2.01. The first kappa shape index (κ1) is 29.2. The van der Waals surface area contributed by atoms with Crippen LogP contribution in [0, 0.1) is 5.92 Å². The summed E-state index contributed by atoms with van der Waals surface area (Å²) in [5.41, 5.74) is 7.93. The van der Waals surface area contributed by atoms with Gasteiger partial charge < -0.3 is 10.6 Å². The Hall–Kier alpha value is -1.77. The molecule has 2 atom stereocenters. The van der Waals surface area contributed by atoms with Gasteiger partial charge in [-0.05, 0) is 61.9 Å². The molecule has 2 aliphatic heterocycles. The van der Waals surface area contributed by atoms with Crippen LogP contribution in [0.4, 0.5) is 11.5 Å². The van der Waals surface area contributed by atoms with Crippen LogP contribution in [0.2, 0.25) is 0 Å². The Morgan fingerprint density at radius 3 is 1.66 bits per heavy atom. The van der Waals surface area contributed by atoms with Crippen molar-refractivity contribution in [1.82, 2.24) is 4.98 Å². The molecule has 3 heterocycles. The van der Waals surface area contributed by atoms with E-state index < -0.39 is 0 Å². The van der Waals surface area contributed by atoms with Gasteiger partial charge in [0.05, 0.1) is 5.52 Å². The van der Waals surface area contributed by atoms with Crippen LogP contribution in [-0.2, 0) is 0 Å². The van der Waals surface area contributed by atoms with E-state index in [0.717, 1.165) is 22.5 Å². The standard InChI is InChI=1S/C35H57N3/c36-32-24-26-34-31(28-32)23-27-35(37-34)38-29-30-20-18-16-14-12-10-8-6-4-2-1-3-5-7-9-11-13-15-17-19-21-33(38)25-22-30/h23-24,26-28,30,33H,1-22,25,29,36H2. The number of hydrogen-bond acceptors (Lipinski definition) is 3. The molecule has 2 N–H and O–H groups in total. The highest BCUT2D eigenvalue weighted by atomic mass is 15.2. The first-order valence-corrected chi connectivity index (χ1v) is 16.7. The van der Waals surface area contributed by atoms with Crippen LogP contribution >= 0.6 is 0 Å². The number of hydrogen-bond donors (Lipinski definition) is 1. The number of nitrogens with zero attached hydrogens (tertiary/aromatic N) is 2. The van der Waals surface area contributed by atoms with Gasteiger partial charge in [0.1, 0.15) is 5.82 Å².